The number of carbonyl (C=O) groups excluding carboxylic acids is 1. The van der Waals surface area contributed by atoms with Gasteiger partial charge >= 0.3 is 0 Å². The summed E-state index contributed by atoms with van der Waals surface area (Å²) in [6, 6.07) is 8.97. The minimum absolute atomic E-state index is 0.158. The summed E-state index contributed by atoms with van der Waals surface area (Å²) in [6.45, 7) is 3.04. The van der Waals surface area contributed by atoms with E-state index in [0.717, 1.165) is 39.0 Å². The van der Waals surface area contributed by atoms with Crippen LogP contribution in [0.25, 0.3) is 10.9 Å². The number of morpholine rings is 1. The van der Waals surface area contributed by atoms with Crippen LogP contribution in [0.3, 0.4) is 0 Å². The highest BCUT2D eigenvalue weighted by molar-refractivity contribution is 5.83. The number of fused-ring (bicyclic) bond motifs is 1. The first-order chi connectivity index (χ1) is 13.3. The number of nitrogens with zero attached hydrogens (tertiary/aromatic N) is 1. The molecule has 1 aliphatic heterocycles. The molecular formula is C22H31N3O2. The minimum atomic E-state index is 0.158. The van der Waals surface area contributed by atoms with Gasteiger partial charge in [-0.25, -0.2) is 0 Å². The quantitative estimate of drug-likeness (QED) is 0.822. The molecule has 1 aliphatic carbocycles. The van der Waals surface area contributed by atoms with Gasteiger partial charge in [-0.05, 0) is 30.9 Å². The van der Waals surface area contributed by atoms with Gasteiger partial charge in [0.15, 0.2) is 0 Å². The normalized spacial score (nSPS) is 21.4. The number of amides is 1. The molecule has 2 aromatic rings. The number of benzene rings is 1. The molecule has 1 aromatic carbocycles. The van der Waals surface area contributed by atoms with Crippen LogP contribution in [0.4, 0.5) is 0 Å². The number of rotatable bonds is 6. The molecule has 2 aliphatic rings. The first kappa shape index (κ1) is 18.5. The van der Waals surface area contributed by atoms with E-state index in [1.165, 1.54) is 35.7 Å². The van der Waals surface area contributed by atoms with Crippen LogP contribution in [0.2, 0.25) is 0 Å². The molecule has 5 heteroatoms. The second kappa shape index (κ2) is 8.89. The smallest absolute Gasteiger partial charge is 0.224 e. The highest BCUT2D eigenvalue weighted by atomic mass is 16.5. The first-order valence-corrected chi connectivity index (χ1v) is 10.5. The number of H-pyrrole nitrogens is 1. The van der Waals surface area contributed by atoms with Gasteiger partial charge in [-0.15, -0.1) is 0 Å². The fraction of sp³-hybridized carbons (Fsp3) is 0.591. The van der Waals surface area contributed by atoms with Crippen molar-refractivity contribution < 1.29 is 9.53 Å². The van der Waals surface area contributed by atoms with E-state index in [-0.39, 0.29) is 11.9 Å². The average molecular weight is 370 g/mol. The van der Waals surface area contributed by atoms with Crippen molar-refractivity contribution in [3.05, 3.63) is 36.0 Å². The van der Waals surface area contributed by atoms with Gasteiger partial charge in [0, 0.05) is 48.7 Å². The molecule has 1 unspecified atom stereocenters. The summed E-state index contributed by atoms with van der Waals surface area (Å²) in [5, 5.41) is 4.70. The Balaban J connectivity index is 1.44. The summed E-state index contributed by atoms with van der Waals surface area (Å²) < 4.78 is 5.54. The lowest BCUT2D eigenvalue weighted by Crippen LogP contribution is -2.48. The van der Waals surface area contributed by atoms with Crippen LogP contribution in [-0.4, -0.2) is 54.2 Å². The number of aromatic amines is 1. The first-order valence-electron chi connectivity index (χ1n) is 10.5. The van der Waals surface area contributed by atoms with Crippen molar-refractivity contribution in [2.45, 2.75) is 57.0 Å². The Morgan fingerprint density at radius 3 is 2.85 bits per heavy atom. The summed E-state index contributed by atoms with van der Waals surface area (Å²) >= 11 is 0. The number of carbonyl (C=O) groups is 1. The second-order valence-corrected chi connectivity index (χ2v) is 7.92. The van der Waals surface area contributed by atoms with Gasteiger partial charge in [0.25, 0.3) is 0 Å². The molecule has 0 spiro atoms. The van der Waals surface area contributed by atoms with Gasteiger partial charge < -0.3 is 19.9 Å². The molecule has 2 N–H and O–H groups in total. The number of hydrogen-bond donors (Lipinski definition) is 2. The number of para-hydroxylation sites is 1. The van der Waals surface area contributed by atoms with Crippen molar-refractivity contribution in [3.8, 4) is 0 Å². The van der Waals surface area contributed by atoms with Gasteiger partial charge in [0.1, 0.15) is 0 Å². The van der Waals surface area contributed by atoms with Crippen molar-refractivity contribution in [1.29, 1.82) is 0 Å². The zero-order chi connectivity index (χ0) is 18.5. The van der Waals surface area contributed by atoms with Crippen molar-refractivity contribution in [2.75, 3.05) is 26.3 Å². The monoisotopic (exact) mass is 369 g/mol. The van der Waals surface area contributed by atoms with Crippen molar-refractivity contribution >= 4 is 16.8 Å². The highest BCUT2D eigenvalue weighted by Gasteiger charge is 2.27. The summed E-state index contributed by atoms with van der Waals surface area (Å²) in [5.74, 6) is 0.282. The zero-order valence-electron chi connectivity index (χ0n) is 16.1. The molecule has 27 heavy (non-hydrogen) atoms. The van der Waals surface area contributed by atoms with Crippen LogP contribution >= 0.6 is 0 Å². The predicted molar refractivity (Wildman–Crippen MR) is 108 cm³/mol. The molecule has 1 saturated carbocycles. The fourth-order valence-corrected chi connectivity index (χ4v) is 4.56. The lowest BCUT2D eigenvalue weighted by Gasteiger charge is -2.36. The van der Waals surface area contributed by atoms with Crippen LogP contribution in [0.5, 0.6) is 0 Å². The predicted octanol–water partition coefficient (Wildman–Crippen LogP) is 3.25. The average Bonchev–Trinajstić information content (AvgIpc) is 3.13. The molecule has 0 radical (unpaired) electrons. The van der Waals surface area contributed by atoms with Crippen molar-refractivity contribution in [3.63, 3.8) is 0 Å². The summed E-state index contributed by atoms with van der Waals surface area (Å²) in [6.07, 6.45) is 9.63. The number of hydrogen-bond acceptors (Lipinski definition) is 3. The summed E-state index contributed by atoms with van der Waals surface area (Å²) in [7, 11) is 0. The Hall–Kier alpha value is -1.85. The van der Waals surface area contributed by atoms with E-state index in [2.05, 4.69) is 45.7 Å². The number of nitrogens with one attached hydrogen (secondary N) is 2. The Bertz CT molecular complexity index is 745. The molecule has 4 rings (SSSR count). The number of ether oxygens (including phenoxy) is 1. The summed E-state index contributed by atoms with van der Waals surface area (Å²) in [5.41, 5.74) is 2.48. The topological polar surface area (TPSA) is 57.4 Å². The lowest BCUT2D eigenvalue weighted by molar-refractivity contribution is -0.135. The van der Waals surface area contributed by atoms with E-state index in [9.17, 15) is 4.79 Å². The molecule has 1 saturated heterocycles. The van der Waals surface area contributed by atoms with Gasteiger partial charge in [-0.1, -0.05) is 37.5 Å². The Morgan fingerprint density at radius 1 is 1.19 bits per heavy atom. The van der Waals surface area contributed by atoms with Gasteiger partial charge in [-0.3, -0.25) is 4.79 Å². The maximum atomic E-state index is 13.2. The third kappa shape index (κ3) is 4.53. The van der Waals surface area contributed by atoms with Crippen LogP contribution in [-0.2, 0) is 16.0 Å². The van der Waals surface area contributed by atoms with Crippen LogP contribution < -0.4 is 5.32 Å². The molecule has 5 nitrogen and oxygen atoms in total. The van der Waals surface area contributed by atoms with Gasteiger partial charge in [0.05, 0.1) is 13.2 Å². The molecule has 146 valence electrons. The molecule has 2 fully saturated rings. The molecule has 2 heterocycles. The molecule has 1 amide bonds. The van der Waals surface area contributed by atoms with Crippen LogP contribution in [0.15, 0.2) is 30.5 Å². The molecule has 0 bridgehead atoms. The van der Waals surface area contributed by atoms with Gasteiger partial charge in [-0.2, -0.15) is 0 Å². The van der Waals surface area contributed by atoms with Crippen molar-refractivity contribution in [1.82, 2.24) is 15.2 Å². The fourth-order valence-electron chi connectivity index (χ4n) is 4.56. The van der Waals surface area contributed by atoms with E-state index >= 15 is 0 Å². The highest BCUT2D eigenvalue weighted by Crippen LogP contribution is 2.25. The molecule has 1 atom stereocenters. The Kier molecular flexibility index (Phi) is 6.10. The van der Waals surface area contributed by atoms with Crippen molar-refractivity contribution in [2.24, 2.45) is 0 Å². The Labute approximate surface area is 161 Å². The largest absolute Gasteiger partial charge is 0.378 e. The third-order valence-corrected chi connectivity index (χ3v) is 6.05. The van der Waals surface area contributed by atoms with E-state index in [1.807, 2.05) is 0 Å². The standard InChI is InChI=1S/C22H31N3O2/c26-22(14-18-16-27-13-11-23-18)25(19-6-2-1-3-7-19)12-10-17-15-24-21-9-5-4-8-20(17)21/h4-5,8-9,15,18-19,23-24H,1-3,6-7,10-14,16H2. The summed E-state index contributed by atoms with van der Waals surface area (Å²) in [4.78, 5) is 18.7. The third-order valence-electron chi connectivity index (χ3n) is 6.05. The number of aromatic nitrogens is 1. The zero-order valence-corrected chi connectivity index (χ0v) is 16.1. The second-order valence-electron chi connectivity index (χ2n) is 7.92. The molecule has 1 aromatic heterocycles. The van der Waals surface area contributed by atoms with E-state index < -0.39 is 0 Å². The van der Waals surface area contributed by atoms with E-state index in [1.54, 1.807) is 0 Å². The SMILES string of the molecule is O=C(CC1COCCN1)N(CCc1c[nH]c2ccccc12)C1CCCCC1. The van der Waals surface area contributed by atoms with Crippen LogP contribution in [0.1, 0.15) is 44.1 Å². The maximum absolute atomic E-state index is 13.2. The van der Waals surface area contributed by atoms with Gasteiger partial charge in [0.2, 0.25) is 5.91 Å². The maximum Gasteiger partial charge on any atom is 0.224 e. The minimum Gasteiger partial charge on any atom is -0.378 e. The lowest BCUT2D eigenvalue weighted by atomic mass is 9.93. The molecular weight excluding hydrogens is 338 g/mol. The Morgan fingerprint density at radius 2 is 2.04 bits per heavy atom. The van der Waals surface area contributed by atoms with Crippen LogP contribution in [0, 0.1) is 0 Å². The van der Waals surface area contributed by atoms with E-state index in [0.29, 0.717) is 19.1 Å². The van der Waals surface area contributed by atoms with E-state index in [4.69, 9.17) is 4.74 Å².